The van der Waals surface area contributed by atoms with Gasteiger partial charge >= 0.3 is 21.7 Å². The number of nitrogens with zero attached hydrogens (tertiary/aromatic N) is 3. The standard InChI is InChI=1S/C21H24FN3O13P2/c22-17-9-14(25-10-15(37-21(25)27)11-34-19-5-8-35-23-19)1-2-16(17)13-3-6-24(7-4-13)20(26)18(38-40(31,32)33)12-36-39(28,29)30/h1-3,5,8-9,15,18H,4,6-7,10-12H2,(H2,28,29,30)(H2,31,32,33)/t15-,18?/m1/s1. The third-order valence-electron chi connectivity index (χ3n) is 5.77. The van der Waals surface area contributed by atoms with E-state index in [1.54, 1.807) is 0 Å². The first kappa shape index (κ1) is 29.8. The number of anilines is 1. The summed E-state index contributed by atoms with van der Waals surface area (Å²) in [5.74, 6) is -1.40. The molecule has 19 heteroatoms. The molecule has 1 aromatic heterocycles. The van der Waals surface area contributed by atoms with Crippen molar-refractivity contribution in [2.45, 2.75) is 18.6 Å². The fourth-order valence-electron chi connectivity index (χ4n) is 4.00. The Hall–Kier alpha value is -3.14. The topological polar surface area (TPSA) is 219 Å². The summed E-state index contributed by atoms with van der Waals surface area (Å²) in [4.78, 5) is 63.2. The zero-order valence-electron chi connectivity index (χ0n) is 20.4. The van der Waals surface area contributed by atoms with Gasteiger partial charge in [-0.2, -0.15) is 0 Å². The first-order valence-electron chi connectivity index (χ1n) is 11.5. The van der Waals surface area contributed by atoms with Crippen molar-refractivity contribution in [2.24, 2.45) is 0 Å². The van der Waals surface area contributed by atoms with Gasteiger partial charge in [-0.15, -0.1) is 0 Å². The molecule has 218 valence electrons. The van der Waals surface area contributed by atoms with Crippen LogP contribution >= 0.6 is 15.6 Å². The van der Waals surface area contributed by atoms with Gasteiger partial charge in [0.25, 0.3) is 11.8 Å². The molecule has 4 rings (SSSR count). The number of hydrogen-bond donors (Lipinski definition) is 4. The molecule has 0 bridgehead atoms. The first-order chi connectivity index (χ1) is 18.8. The SMILES string of the molecule is O=C(C(COP(=O)(O)O)OP(=O)(O)O)N1CC=C(c2ccc(N3C[C@H](COc4ccon4)OC3=O)cc2F)CC1. The van der Waals surface area contributed by atoms with Crippen molar-refractivity contribution >= 4 is 38.9 Å². The van der Waals surface area contributed by atoms with E-state index in [1.807, 2.05) is 0 Å². The number of cyclic esters (lactones) is 1. The molecule has 1 unspecified atom stereocenters. The van der Waals surface area contributed by atoms with Crippen molar-refractivity contribution in [2.75, 3.05) is 37.7 Å². The summed E-state index contributed by atoms with van der Waals surface area (Å²) in [6, 6.07) is 5.66. The highest BCUT2D eigenvalue weighted by Gasteiger charge is 2.35. The molecule has 40 heavy (non-hydrogen) atoms. The van der Waals surface area contributed by atoms with Crippen LogP contribution in [-0.4, -0.2) is 86.7 Å². The fourth-order valence-corrected chi connectivity index (χ4v) is 4.81. The van der Waals surface area contributed by atoms with Gasteiger partial charge < -0.3 is 38.5 Å². The van der Waals surface area contributed by atoms with Crippen LogP contribution in [0.15, 0.2) is 41.1 Å². The second-order valence-corrected chi connectivity index (χ2v) is 11.0. The summed E-state index contributed by atoms with van der Waals surface area (Å²) in [6.07, 6.45) is -0.323. The molecule has 2 aromatic rings. The molecule has 1 aromatic carbocycles. The van der Waals surface area contributed by atoms with Crippen molar-refractivity contribution in [1.29, 1.82) is 0 Å². The smallest absolute Gasteiger partial charge is 0.470 e. The average molecular weight is 607 g/mol. The average Bonchev–Trinajstić information content (AvgIpc) is 3.53. The van der Waals surface area contributed by atoms with Gasteiger partial charge in [0.1, 0.15) is 18.7 Å². The third kappa shape index (κ3) is 7.96. The molecule has 4 N–H and O–H groups in total. The molecule has 1 saturated heterocycles. The van der Waals surface area contributed by atoms with Gasteiger partial charge in [0.05, 0.1) is 18.8 Å². The van der Waals surface area contributed by atoms with Gasteiger partial charge in [-0.25, -0.2) is 18.3 Å². The van der Waals surface area contributed by atoms with Crippen LogP contribution in [0.5, 0.6) is 5.88 Å². The molecule has 16 nitrogen and oxygen atoms in total. The number of benzene rings is 1. The van der Waals surface area contributed by atoms with Crippen molar-refractivity contribution in [1.82, 2.24) is 10.1 Å². The largest absolute Gasteiger partial charge is 0.471 e. The Morgan fingerprint density at radius 3 is 2.58 bits per heavy atom. The lowest BCUT2D eigenvalue weighted by Gasteiger charge is -2.30. The highest BCUT2D eigenvalue weighted by Crippen LogP contribution is 2.41. The van der Waals surface area contributed by atoms with E-state index in [1.165, 1.54) is 41.5 Å². The monoisotopic (exact) mass is 607 g/mol. The summed E-state index contributed by atoms with van der Waals surface area (Å²) in [7, 11) is -10.3. The number of amides is 2. The number of ether oxygens (including phenoxy) is 2. The number of aromatic nitrogens is 1. The summed E-state index contributed by atoms with van der Waals surface area (Å²) >= 11 is 0. The first-order valence-corrected chi connectivity index (χ1v) is 14.6. The zero-order chi connectivity index (χ0) is 29.1. The molecule has 2 amide bonds. The maximum atomic E-state index is 15.1. The highest BCUT2D eigenvalue weighted by atomic mass is 31.2. The Labute approximate surface area is 225 Å². The van der Waals surface area contributed by atoms with E-state index in [9.17, 15) is 18.7 Å². The van der Waals surface area contributed by atoms with Crippen molar-refractivity contribution in [3.8, 4) is 5.88 Å². The van der Waals surface area contributed by atoms with E-state index < -0.39 is 52.3 Å². The molecule has 0 aliphatic carbocycles. The molecule has 0 spiro atoms. The molecular weight excluding hydrogens is 583 g/mol. The third-order valence-corrected chi connectivity index (χ3v) is 6.79. The van der Waals surface area contributed by atoms with Crippen LogP contribution in [0.3, 0.4) is 0 Å². The maximum Gasteiger partial charge on any atom is 0.470 e. The summed E-state index contributed by atoms with van der Waals surface area (Å²) in [5.41, 5.74) is 0.989. The van der Waals surface area contributed by atoms with Gasteiger partial charge in [-0.3, -0.25) is 18.7 Å². The van der Waals surface area contributed by atoms with Gasteiger partial charge in [0, 0.05) is 24.7 Å². The number of phosphoric acid groups is 2. The predicted molar refractivity (Wildman–Crippen MR) is 130 cm³/mol. The van der Waals surface area contributed by atoms with Crippen molar-refractivity contribution in [3.63, 3.8) is 0 Å². The number of halogens is 1. The number of rotatable bonds is 11. The summed E-state index contributed by atoms with van der Waals surface area (Å²) in [6.45, 7) is -1.11. The minimum atomic E-state index is -5.21. The summed E-state index contributed by atoms with van der Waals surface area (Å²) in [5, 5.41) is 3.59. The number of hydrogen-bond acceptors (Lipinski definition) is 10. The van der Waals surface area contributed by atoms with Crippen LogP contribution in [0.25, 0.3) is 5.57 Å². The van der Waals surface area contributed by atoms with E-state index >= 15 is 4.39 Å². The van der Waals surface area contributed by atoms with Crippen LogP contribution < -0.4 is 9.64 Å². The molecule has 0 radical (unpaired) electrons. The molecule has 1 fully saturated rings. The Morgan fingerprint density at radius 2 is 1.98 bits per heavy atom. The van der Waals surface area contributed by atoms with Gasteiger partial charge in [0.2, 0.25) is 0 Å². The van der Waals surface area contributed by atoms with E-state index in [0.717, 1.165) is 4.90 Å². The number of carbonyl (C=O) groups excluding carboxylic acids is 2. The Kier molecular flexibility index (Phi) is 9.07. The lowest BCUT2D eigenvalue weighted by Crippen LogP contribution is -2.44. The Bertz CT molecular complexity index is 1360. The van der Waals surface area contributed by atoms with Crippen LogP contribution in [0.4, 0.5) is 14.9 Å². The van der Waals surface area contributed by atoms with Crippen LogP contribution in [0, 0.1) is 5.82 Å². The van der Waals surface area contributed by atoms with Crippen LogP contribution in [0.2, 0.25) is 0 Å². The Morgan fingerprint density at radius 1 is 1.20 bits per heavy atom. The second kappa shape index (κ2) is 12.2. The van der Waals surface area contributed by atoms with E-state index in [2.05, 4.69) is 18.7 Å². The highest BCUT2D eigenvalue weighted by molar-refractivity contribution is 7.46. The summed E-state index contributed by atoms with van der Waals surface area (Å²) < 4.78 is 61.1. The van der Waals surface area contributed by atoms with Crippen molar-refractivity contribution < 1.29 is 65.7 Å². The van der Waals surface area contributed by atoms with E-state index in [4.69, 9.17) is 29.0 Å². The fraction of sp³-hybridized carbons (Fsp3) is 0.381. The zero-order valence-corrected chi connectivity index (χ0v) is 22.2. The lowest BCUT2D eigenvalue weighted by molar-refractivity contribution is -0.140. The van der Waals surface area contributed by atoms with E-state index in [-0.39, 0.29) is 49.8 Å². The normalized spacial score (nSPS) is 18.9. The minimum absolute atomic E-state index is 0.0168. The van der Waals surface area contributed by atoms with Gasteiger partial charge in [-0.05, 0) is 35.3 Å². The quantitative estimate of drug-likeness (QED) is 0.266. The molecule has 2 aliphatic rings. The van der Waals surface area contributed by atoms with Crippen molar-refractivity contribution in [3.05, 3.63) is 48.0 Å². The predicted octanol–water partition coefficient (Wildman–Crippen LogP) is 1.42. The van der Waals surface area contributed by atoms with Gasteiger partial charge in [-0.1, -0.05) is 6.08 Å². The van der Waals surface area contributed by atoms with Crippen LogP contribution in [-0.2, 0) is 27.7 Å². The number of phosphoric ester groups is 2. The second-order valence-electron chi connectivity index (χ2n) is 8.56. The maximum absolute atomic E-state index is 15.1. The lowest BCUT2D eigenvalue weighted by atomic mass is 9.98. The minimum Gasteiger partial charge on any atom is -0.471 e. The van der Waals surface area contributed by atoms with Gasteiger partial charge in [0.15, 0.2) is 12.2 Å². The molecular formula is C21H24FN3O13P2. The van der Waals surface area contributed by atoms with Crippen LogP contribution in [0.1, 0.15) is 12.0 Å². The molecule has 2 aliphatic heterocycles. The Balaban J connectivity index is 1.39. The molecule has 2 atom stereocenters. The van der Waals surface area contributed by atoms with E-state index in [0.29, 0.717) is 5.57 Å². The molecule has 0 saturated carbocycles. The number of carbonyl (C=O) groups is 2. The molecule has 3 heterocycles.